The standard InChI is InChI=1S/C7H11FO3/c1-5(10)11-4-7(8)2-6(7)3-9/h6,9H,2-4H2,1H3/t6-,7-/m1/s1. The van der Waals surface area contributed by atoms with Crippen LogP contribution < -0.4 is 0 Å². The predicted molar refractivity (Wildman–Crippen MR) is 35.7 cm³/mol. The second-order valence-electron chi connectivity index (χ2n) is 2.90. The summed E-state index contributed by atoms with van der Waals surface area (Å²) in [7, 11) is 0. The predicted octanol–water partition coefficient (Wildman–Crippen LogP) is 0.270. The van der Waals surface area contributed by atoms with Gasteiger partial charge in [0.2, 0.25) is 0 Å². The van der Waals surface area contributed by atoms with Crippen LogP contribution in [-0.2, 0) is 9.53 Å². The molecule has 1 rings (SSSR count). The second kappa shape index (κ2) is 2.77. The molecule has 1 saturated carbocycles. The van der Waals surface area contributed by atoms with E-state index in [9.17, 15) is 9.18 Å². The molecule has 64 valence electrons. The molecule has 0 saturated heterocycles. The van der Waals surface area contributed by atoms with Crippen LogP contribution in [0.4, 0.5) is 4.39 Å². The summed E-state index contributed by atoms with van der Waals surface area (Å²) in [6.45, 7) is 0.852. The third-order valence-electron chi connectivity index (χ3n) is 1.89. The van der Waals surface area contributed by atoms with Crippen LogP contribution in [0.5, 0.6) is 0 Å². The zero-order chi connectivity index (χ0) is 8.48. The van der Waals surface area contributed by atoms with E-state index in [2.05, 4.69) is 4.74 Å². The Morgan fingerprint density at radius 3 is 2.91 bits per heavy atom. The quantitative estimate of drug-likeness (QED) is 0.606. The van der Waals surface area contributed by atoms with Crippen LogP contribution in [0.1, 0.15) is 13.3 Å². The highest BCUT2D eigenvalue weighted by atomic mass is 19.1. The number of ether oxygens (including phenoxy) is 1. The number of carbonyl (C=O) groups is 1. The van der Waals surface area contributed by atoms with Gasteiger partial charge in [-0.15, -0.1) is 0 Å². The van der Waals surface area contributed by atoms with Gasteiger partial charge < -0.3 is 9.84 Å². The van der Waals surface area contributed by atoms with Crippen molar-refractivity contribution in [3.05, 3.63) is 0 Å². The van der Waals surface area contributed by atoms with Crippen molar-refractivity contribution < 1.29 is 19.0 Å². The first-order chi connectivity index (χ1) is 5.08. The molecule has 0 aromatic rings. The third-order valence-corrected chi connectivity index (χ3v) is 1.89. The van der Waals surface area contributed by atoms with Crippen LogP contribution >= 0.6 is 0 Å². The molecule has 0 amide bonds. The third kappa shape index (κ3) is 1.89. The molecular weight excluding hydrogens is 151 g/mol. The molecule has 0 aromatic heterocycles. The molecule has 0 radical (unpaired) electrons. The Bertz CT molecular complexity index is 171. The molecule has 0 unspecified atom stereocenters. The van der Waals surface area contributed by atoms with E-state index in [0.717, 1.165) is 0 Å². The topological polar surface area (TPSA) is 46.5 Å². The van der Waals surface area contributed by atoms with Crippen molar-refractivity contribution in [2.45, 2.75) is 19.0 Å². The SMILES string of the molecule is CC(=O)OC[C@]1(F)C[C@@H]1CO. The molecule has 0 bridgehead atoms. The van der Waals surface area contributed by atoms with E-state index in [1.54, 1.807) is 0 Å². The summed E-state index contributed by atoms with van der Waals surface area (Å²) in [6.07, 6.45) is 0.302. The molecule has 1 aliphatic carbocycles. The molecule has 4 heteroatoms. The Morgan fingerprint density at radius 1 is 1.91 bits per heavy atom. The number of hydrogen-bond donors (Lipinski definition) is 1. The van der Waals surface area contributed by atoms with Gasteiger partial charge in [-0.05, 0) is 6.42 Å². The fourth-order valence-corrected chi connectivity index (χ4v) is 0.977. The summed E-state index contributed by atoms with van der Waals surface area (Å²) in [5.41, 5.74) is -1.44. The number of alkyl halides is 1. The van der Waals surface area contributed by atoms with Crippen LogP contribution in [-0.4, -0.2) is 30.0 Å². The van der Waals surface area contributed by atoms with E-state index in [0.29, 0.717) is 6.42 Å². The van der Waals surface area contributed by atoms with Crippen LogP contribution in [0.25, 0.3) is 0 Å². The maximum Gasteiger partial charge on any atom is 0.302 e. The van der Waals surface area contributed by atoms with E-state index in [1.807, 2.05) is 0 Å². The second-order valence-corrected chi connectivity index (χ2v) is 2.90. The van der Waals surface area contributed by atoms with Crippen molar-refractivity contribution in [2.24, 2.45) is 5.92 Å². The molecule has 2 atom stereocenters. The maximum absolute atomic E-state index is 13.1. The van der Waals surface area contributed by atoms with Gasteiger partial charge >= 0.3 is 5.97 Å². The van der Waals surface area contributed by atoms with Crippen molar-refractivity contribution in [2.75, 3.05) is 13.2 Å². The first kappa shape index (κ1) is 8.46. The fraction of sp³-hybridized carbons (Fsp3) is 0.857. The van der Waals surface area contributed by atoms with Gasteiger partial charge in [-0.2, -0.15) is 0 Å². The number of esters is 1. The lowest BCUT2D eigenvalue weighted by atomic mass is 10.3. The van der Waals surface area contributed by atoms with E-state index in [4.69, 9.17) is 5.11 Å². The molecule has 0 heterocycles. The van der Waals surface area contributed by atoms with E-state index >= 15 is 0 Å². The molecule has 1 aliphatic rings. The number of aliphatic hydroxyl groups is 1. The lowest BCUT2D eigenvalue weighted by Crippen LogP contribution is -2.17. The summed E-state index contributed by atoms with van der Waals surface area (Å²) >= 11 is 0. The van der Waals surface area contributed by atoms with Gasteiger partial charge in [0.15, 0.2) is 5.67 Å². The molecule has 3 nitrogen and oxygen atoms in total. The number of hydrogen-bond acceptors (Lipinski definition) is 3. The van der Waals surface area contributed by atoms with Gasteiger partial charge in [-0.1, -0.05) is 0 Å². The van der Waals surface area contributed by atoms with Crippen molar-refractivity contribution in [1.29, 1.82) is 0 Å². The Balaban J connectivity index is 2.23. The van der Waals surface area contributed by atoms with Crippen LogP contribution in [0, 0.1) is 5.92 Å². The summed E-state index contributed by atoms with van der Waals surface area (Å²) in [5.74, 6) is -0.813. The van der Waals surface area contributed by atoms with Crippen molar-refractivity contribution in [3.63, 3.8) is 0 Å². The lowest BCUT2D eigenvalue weighted by molar-refractivity contribution is -0.143. The Labute approximate surface area is 64.2 Å². The van der Waals surface area contributed by atoms with Crippen molar-refractivity contribution in [3.8, 4) is 0 Å². The highest BCUT2D eigenvalue weighted by Crippen LogP contribution is 2.46. The van der Waals surface area contributed by atoms with Crippen LogP contribution in [0.2, 0.25) is 0 Å². The van der Waals surface area contributed by atoms with Gasteiger partial charge in [0.1, 0.15) is 6.61 Å². The molecule has 1 fully saturated rings. The summed E-state index contributed by atoms with van der Waals surface area (Å²) in [5, 5.41) is 8.53. The monoisotopic (exact) mass is 162 g/mol. The van der Waals surface area contributed by atoms with E-state index in [1.165, 1.54) is 6.92 Å². The van der Waals surface area contributed by atoms with Crippen molar-refractivity contribution in [1.82, 2.24) is 0 Å². The Kier molecular flexibility index (Phi) is 2.13. The highest BCUT2D eigenvalue weighted by molar-refractivity contribution is 5.66. The number of halogens is 1. The van der Waals surface area contributed by atoms with Gasteiger partial charge in [0.25, 0.3) is 0 Å². The zero-order valence-corrected chi connectivity index (χ0v) is 6.34. The van der Waals surface area contributed by atoms with Gasteiger partial charge in [-0.3, -0.25) is 4.79 Å². The minimum atomic E-state index is -1.44. The molecular formula is C7H11FO3. The summed E-state index contributed by atoms with van der Waals surface area (Å²) in [6, 6.07) is 0. The maximum atomic E-state index is 13.1. The normalized spacial score (nSPS) is 35.0. The molecule has 1 N–H and O–H groups in total. The van der Waals surface area contributed by atoms with E-state index < -0.39 is 11.6 Å². The number of rotatable bonds is 3. The largest absolute Gasteiger partial charge is 0.462 e. The summed E-state index contributed by atoms with van der Waals surface area (Å²) in [4.78, 5) is 10.3. The first-order valence-corrected chi connectivity index (χ1v) is 3.51. The van der Waals surface area contributed by atoms with Gasteiger partial charge in [0, 0.05) is 19.4 Å². The summed E-state index contributed by atoms with van der Waals surface area (Å²) < 4.78 is 17.6. The molecule has 11 heavy (non-hydrogen) atoms. The molecule has 0 aromatic carbocycles. The smallest absolute Gasteiger partial charge is 0.302 e. The van der Waals surface area contributed by atoms with Crippen LogP contribution in [0.3, 0.4) is 0 Å². The first-order valence-electron chi connectivity index (χ1n) is 3.51. The lowest BCUT2D eigenvalue weighted by Gasteiger charge is -2.05. The average Bonchev–Trinajstić information content (AvgIpc) is 2.59. The Morgan fingerprint density at radius 2 is 2.55 bits per heavy atom. The highest BCUT2D eigenvalue weighted by Gasteiger charge is 2.55. The van der Waals surface area contributed by atoms with Crippen LogP contribution in [0.15, 0.2) is 0 Å². The number of carbonyl (C=O) groups excluding carboxylic acids is 1. The number of aliphatic hydroxyl groups excluding tert-OH is 1. The van der Waals surface area contributed by atoms with Gasteiger partial charge in [-0.25, -0.2) is 4.39 Å². The van der Waals surface area contributed by atoms with Gasteiger partial charge in [0.05, 0.1) is 0 Å². The minimum Gasteiger partial charge on any atom is -0.462 e. The average molecular weight is 162 g/mol. The molecule has 0 aliphatic heterocycles. The molecule has 0 spiro atoms. The van der Waals surface area contributed by atoms with Crippen molar-refractivity contribution >= 4 is 5.97 Å². The fourth-order valence-electron chi connectivity index (χ4n) is 0.977. The minimum absolute atomic E-state index is 0.169. The Hall–Kier alpha value is -0.640. The zero-order valence-electron chi connectivity index (χ0n) is 6.34. The van der Waals surface area contributed by atoms with E-state index in [-0.39, 0.29) is 19.1 Å².